The van der Waals surface area contributed by atoms with Gasteiger partial charge < -0.3 is 10.4 Å². The highest BCUT2D eigenvalue weighted by Crippen LogP contribution is 2.64. The van der Waals surface area contributed by atoms with Crippen LogP contribution in [0.2, 0.25) is 0 Å². The zero-order chi connectivity index (χ0) is 21.8. The minimum atomic E-state index is -0.526. The second-order valence-corrected chi connectivity index (χ2v) is 9.92. The number of anilines is 2. The quantitative estimate of drug-likeness (QED) is 0.508. The Bertz CT molecular complexity index is 1460. The van der Waals surface area contributed by atoms with Crippen molar-refractivity contribution in [3.05, 3.63) is 40.8 Å². The third kappa shape index (κ3) is 2.35. The van der Waals surface area contributed by atoms with Gasteiger partial charge in [-0.2, -0.15) is 10.1 Å². The summed E-state index contributed by atoms with van der Waals surface area (Å²) in [5, 5.41) is 18.3. The van der Waals surface area contributed by atoms with Gasteiger partial charge in [-0.1, -0.05) is 0 Å². The van der Waals surface area contributed by atoms with Crippen LogP contribution in [0.5, 0.6) is 0 Å². The highest BCUT2D eigenvalue weighted by molar-refractivity contribution is 5.73. The predicted molar refractivity (Wildman–Crippen MR) is 117 cm³/mol. The summed E-state index contributed by atoms with van der Waals surface area (Å²) in [5.41, 5.74) is 3.39. The molecule has 32 heavy (non-hydrogen) atoms. The van der Waals surface area contributed by atoms with Crippen molar-refractivity contribution in [1.29, 1.82) is 0 Å². The van der Waals surface area contributed by atoms with E-state index in [-0.39, 0.29) is 11.7 Å². The summed E-state index contributed by atoms with van der Waals surface area (Å²) in [6, 6.07) is 2.04. The average molecular weight is 432 g/mol. The molecule has 0 aliphatic heterocycles. The third-order valence-electron chi connectivity index (χ3n) is 8.03. The van der Waals surface area contributed by atoms with E-state index in [0.29, 0.717) is 29.3 Å². The molecule has 4 fully saturated rings. The standard InChI is InChI=1S/C22H24N8O2/c1-11-3-17-24-10-25-29(17)9-15(11)26-20-23-8-16-19(27-20)30(21(31)28(16)2)18-13-4-12-5-22(32,6-13)7-14(12)18/h3,8-10,12-14,18,32H,4-7H2,1-2H3,(H,23,26,27). The van der Waals surface area contributed by atoms with E-state index < -0.39 is 5.60 Å². The van der Waals surface area contributed by atoms with Crippen molar-refractivity contribution in [2.45, 2.75) is 44.2 Å². The molecule has 164 valence electrons. The molecule has 10 nitrogen and oxygen atoms in total. The second-order valence-electron chi connectivity index (χ2n) is 9.92. The van der Waals surface area contributed by atoms with Gasteiger partial charge in [-0.3, -0.25) is 9.13 Å². The van der Waals surface area contributed by atoms with Gasteiger partial charge in [-0.05, 0) is 62.0 Å². The van der Waals surface area contributed by atoms with E-state index in [1.165, 1.54) is 6.33 Å². The van der Waals surface area contributed by atoms with Crippen LogP contribution in [0, 0.1) is 24.7 Å². The van der Waals surface area contributed by atoms with Crippen LogP contribution in [0.3, 0.4) is 0 Å². The molecule has 8 rings (SSSR count). The van der Waals surface area contributed by atoms with E-state index in [1.807, 2.05) is 23.8 Å². The van der Waals surface area contributed by atoms with Gasteiger partial charge in [-0.15, -0.1) is 0 Å². The Morgan fingerprint density at radius 3 is 2.91 bits per heavy atom. The molecule has 5 atom stereocenters. The first-order valence-corrected chi connectivity index (χ1v) is 11.1. The molecule has 4 saturated carbocycles. The van der Waals surface area contributed by atoms with Crippen LogP contribution in [-0.4, -0.2) is 44.4 Å². The monoisotopic (exact) mass is 432 g/mol. The first kappa shape index (κ1) is 18.3. The lowest BCUT2D eigenvalue weighted by Gasteiger charge is -2.38. The fraction of sp³-hybridized carbons (Fsp3) is 0.500. The highest BCUT2D eigenvalue weighted by atomic mass is 16.3. The Morgan fingerprint density at radius 2 is 2.06 bits per heavy atom. The van der Waals surface area contributed by atoms with Crippen LogP contribution in [-0.2, 0) is 7.05 Å². The highest BCUT2D eigenvalue weighted by Gasteiger charge is 2.61. The lowest BCUT2D eigenvalue weighted by molar-refractivity contribution is -0.0244. The Morgan fingerprint density at radius 1 is 1.22 bits per heavy atom. The SMILES string of the molecule is Cc1cc2ncnn2cc1Nc1ncc2c(n1)n(C1C3CC4CC(O)(C3)CC41)c(=O)n2C. The summed E-state index contributed by atoms with van der Waals surface area (Å²) < 4.78 is 5.22. The van der Waals surface area contributed by atoms with Gasteiger partial charge in [0.1, 0.15) is 11.8 Å². The van der Waals surface area contributed by atoms with Gasteiger partial charge in [0.05, 0.1) is 23.7 Å². The van der Waals surface area contributed by atoms with Crippen molar-refractivity contribution in [3.63, 3.8) is 0 Å². The van der Waals surface area contributed by atoms with Crippen molar-refractivity contribution in [2.75, 3.05) is 5.32 Å². The van der Waals surface area contributed by atoms with E-state index in [0.717, 1.165) is 48.1 Å². The van der Waals surface area contributed by atoms with Crippen LogP contribution in [0.15, 0.2) is 29.6 Å². The topological polar surface area (TPSA) is 115 Å². The molecule has 4 heterocycles. The van der Waals surface area contributed by atoms with Gasteiger partial charge in [0, 0.05) is 13.1 Å². The minimum absolute atomic E-state index is 0.0559. The Hall–Kier alpha value is -3.27. The lowest BCUT2D eigenvalue weighted by atomic mass is 9.76. The van der Waals surface area contributed by atoms with Gasteiger partial charge in [-0.25, -0.2) is 19.3 Å². The van der Waals surface area contributed by atoms with Gasteiger partial charge in [0.25, 0.3) is 0 Å². The lowest BCUT2D eigenvalue weighted by Crippen LogP contribution is -2.40. The number of rotatable bonds is 3. The summed E-state index contributed by atoms with van der Waals surface area (Å²) in [6.07, 6.45) is 8.62. The molecule has 5 unspecified atom stereocenters. The number of pyridine rings is 1. The predicted octanol–water partition coefficient (Wildman–Crippen LogP) is 1.95. The maximum Gasteiger partial charge on any atom is 0.330 e. The van der Waals surface area contributed by atoms with E-state index in [1.54, 1.807) is 22.3 Å². The number of nitrogens with zero attached hydrogens (tertiary/aromatic N) is 7. The molecule has 4 aliphatic rings. The fourth-order valence-corrected chi connectivity index (χ4v) is 6.80. The van der Waals surface area contributed by atoms with Crippen LogP contribution in [0.1, 0.15) is 37.3 Å². The molecule has 2 N–H and O–H groups in total. The first-order valence-electron chi connectivity index (χ1n) is 11.1. The van der Waals surface area contributed by atoms with Crippen molar-refractivity contribution < 1.29 is 5.11 Å². The van der Waals surface area contributed by atoms with Gasteiger partial charge in [0.15, 0.2) is 11.3 Å². The van der Waals surface area contributed by atoms with E-state index in [4.69, 9.17) is 4.98 Å². The molecule has 4 aliphatic carbocycles. The molecule has 4 bridgehead atoms. The van der Waals surface area contributed by atoms with Crippen LogP contribution in [0.4, 0.5) is 11.6 Å². The van der Waals surface area contributed by atoms with Crippen molar-refractivity contribution >= 4 is 28.4 Å². The van der Waals surface area contributed by atoms with Crippen molar-refractivity contribution in [1.82, 2.24) is 33.7 Å². The number of imidazole rings is 1. The molecule has 0 amide bonds. The van der Waals surface area contributed by atoms with E-state index in [2.05, 4.69) is 20.4 Å². The van der Waals surface area contributed by atoms with Crippen LogP contribution < -0.4 is 11.0 Å². The zero-order valence-corrected chi connectivity index (χ0v) is 17.9. The minimum Gasteiger partial charge on any atom is -0.390 e. The molecule has 0 spiro atoms. The molecule has 4 aromatic heterocycles. The summed E-state index contributed by atoms with van der Waals surface area (Å²) in [6.45, 7) is 1.99. The number of fused-ring (bicyclic) bond motifs is 2. The number of hydrogen-bond acceptors (Lipinski definition) is 7. The molecular weight excluding hydrogens is 408 g/mol. The van der Waals surface area contributed by atoms with Crippen LogP contribution in [0.25, 0.3) is 16.8 Å². The maximum atomic E-state index is 13.3. The number of nitrogens with one attached hydrogen (secondary N) is 1. The first-order chi connectivity index (χ1) is 15.4. The summed E-state index contributed by atoms with van der Waals surface area (Å²) in [4.78, 5) is 26.8. The van der Waals surface area contributed by atoms with Gasteiger partial charge >= 0.3 is 5.69 Å². The summed E-state index contributed by atoms with van der Waals surface area (Å²) >= 11 is 0. The zero-order valence-electron chi connectivity index (χ0n) is 17.9. The maximum absolute atomic E-state index is 13.3. The smallest absolute Gasteiger partial charge is 0.330 e. The molecule has 0 aromatic carbocycles. The number of aryl methyl sites for hydroxylation is 2. The Balaban J connectivity index is 1.33. The molecule has 0 saturated heterocycles. The largest absolute Gasteiger partial charge is 0.390 e. The van der Waals surface area contributed by atoms with Crippen molar-refractivity contribution in [3.8, 4) is 0 Å². The summed E-state index contributed by atoms with van der Waals surface area (Å²) in [7, 11) is 1.78. The second kappa shape index (κ2) is 5.94. The Labute approximate surface area is 182 Å². The molecule has 0 radical (unpaired) electrons. The molecule has 4 aromatic rings. The van der Waals surface area contributed by atoms with Gasteiger partial charge in [0.2, 0.25) is 5.95 Å². The third-order valence-corrected chi connectivity index (χ3v) is 8.03. The molecular formula is C22H24N8O2. The number of aromatic nitrogens is 7. The molecule has 10 heteroatoms. The van der Waals surface area contributed by atoms with Crippen molar-refractivity contribution in [2.24, 2.45) is 24.8 Å². The van der Waals surface area contributed by atoms with E-state index >= 15 is 0 Å². The normalized spacial score (nSPS) is 30.7. The summed E-state index contributed by atoms with van der Waals surface area (Å²) in [5.74, 6) is 1.60. The average Bonchev–Trinajstić information content (AvgIpc) is 3.43. The Kier molecular flexibility index (Phi) is 3.40. The van der Waals surface area contributed by atoms with E-state index in [9.17, 15) is 9.90 Å². The number of aliphatic hydroxyl groups is 1. The van der Waals surface area contributed by atoms with Crippen LogP contribution >= 0.6 is 0 Å². The number of hydrogen-bond donors (Lipinski definition) is 2. The fourth-order valence-electron chi connectivity index (χ4n) is 6.80.